The van der Waals surface area contributed by atoms with Crippen LogP contribution in [0.4, 0.5) is 0 Å². The highest BCUT2D eigenvalue weighted by Gasteiger charge is 2.18. The van der Waals surface area contributed by atoms with E-state index in [4.69, 9.17) is 0 Å². The molecule has 1 unspecified atom stereocenters. The van der Waals surface area contributed by atoms with Gasteiger partial charge in [0.25, 0.3) is 0 Å². The minimum absolute atomic E-state index is 0.143. The molecule has 1 aliphatic heterocycles. The summed E-state index contributed by atoms with van der Waals surface area (Å²) in [6.07, 6.45) is 6.00. The van der Waals surface area contributed by atoms with Gasteiger partial charge in [0, 0.05) is 19.2 Å². The summed E-state index contributed by atoms with van der Waals surface area (Å²) >= 11 is 0. The Morgan fingerprint density at radius 2 is 2.00 bits per heavy atom. The van der Waals surface area contributed by atoms with Gasteiger partial charge in [-0.3, -0.25) is 4.79 Å². The molecule has 20 heavy (non-hydrogen) atoms. The molecule has 0 spiro atoms. The molecule has 2 heteroatoms. The van der Waals surface area contributed by atoms with Gasteiger partial charge in [-0.05, 0) is 41.9 Å². The second kappa shape index (κ2) is 6.74. The molecule has 0 saturated carbocycles. The lowest BCUT2D eigenvalue weighted by Crippen LogP contribution is -2.38. The van der Waals surface area contributed by atoms with Gasteiger partial charge in [-0.2, -0.15) is 0 Å². The quantitative estimate of drug-likeness (QED) is 0.758. The molecule has 0 aromatic heterocycles. The van der Waals surface area contributed by atoms with Crippen molar-refractivity contribution in [2.24, 2.45) is 5.92 Å². The first-order valence-electron chi connectivity index (χ1n) is 7.63. The predicted molar refractivity (Wildman–Crippen MR) is 84.5 cm³/mol. The lowest BCUT2D eigenvalue weighted by atomic mass is 10.00. The van der Waals surface area contributed by atoms with E-state index < -0.39 is 0 Å². The highest BCUT2D eigenvalue weighted by atomic mass is 16.2. The van der Waals surface area contributed by atoms with Gasteiger partial charge in [-0.1, -0.05) is 45.0 Å². The molecule has 1 aliphatic rings. The maximum absolute atomic E-state index is 12.1. The van der Waals surface area contributed by atoms with Crippen LogP contribution in [0, 0.1) is 5.92 Å². The van der Waals surface area contributed by atoms with Gasteiger partial charge in [0.1, 0.15) is 0 Å². The van der Waals surface area contributed by atoms with E-state index in [1.54, 1.807) is 6.08 Å². The Hall–Kier alpha value is -1.57. The summed E-state index contributed by atoms with van der Waals surface area (Å²) in [5, 5.41) is 0. The molecular weight excluding hydrogens is 246 g/mol. The average molecular weight is 271 g/mol. The minimum Gasteiger partial charge on any atom is -0.339 e. The molecule has 0 bridgehead atoms. The smallest absolute Gasteiger partial charge is 0.246 e. The Morgan fingerprint density at radius 3 is 2.60 bits per heavy atom. The standard InChI is InChI=1S/C18H25NO/c1-14(2)17-9-6-16(7-10-17)8-11-18(20)19-12-4-5-15(3)13-19/h6-11,14-15H,4-5,12-13H2,1-3H3. The summed E-state index contributed by atoms with van der Waals surface area (Å²) in [5.74, 6) is 1.32. The highest BCUT2D eigenvalue weighted by molar-refractivity contribution is 5.91. The van der Waals surface area contributed by atoms with Crippen molar-refractivity contribution in [3.05, 3.63) is 41.5 Å². The van der Waals surface area contributed by atoms with Crippen LogP contribution >= 0.6 is 0 Å². The second-order valence-electron chi connectivity index (χ2n) is 6.19. The third kappa shape index (κ3) is 3.96. The van der Waals surface area contributed by atoms with Crippen LogP contribution in [0.2, 0.25) is 0 Å². The minimum atomic E-state index is 0.143. The number of piperidine rings is 1. The fraction of sp³-hybridized carbons (Fsp3) is 0.500. The zero-order valence-electron chi connectivity index (χ0n) is 12.8. The van der Waals surface area contributed by atoms with Gasteiger partial charge in [0.2, 0.25) is 5.91 Å². The first kappa shape index (κ1) is 14.8. The van der Waals surface area contributed by atoms with Gasteiger partial charge in [-0.15, -0.1) is 0 Å². The van der Waals surface area contributed by atoms with Crippen molar-refractivity contribution in [3.8, 4) is 0 Å². The summed E-state index contributed by atoms with van der Waals surface area (Å²) < 4.78 is 0. The number of carbonyl (C=O) groups is 1. The third-order valence-electron chi connectivity index (χ3n) is 3.99. The summed E-state index contributed by atoms with van der Waals surface area (Å²) in [5.41, 5.74) is 2.42. The van der Waals surface area contributed by atoms with Crippen molar-refractivity contribution in [1.82, 2.24) is 4.90 Å². The number of hydrogen-bond acceptors (Lipinski definition) is 1. The normalized spacial score (nSPS) is 19.8. The van der Waals surface area contributed by atoms with Gasteiger partial charge in [0.15, 0.2) is 0 Å². The molecule has 1 fully saturated rings. The van der Waals surface area contributed by atoms with Crippen LogP contribution < -0.4 is 0 Å². The SMILES string of the molecule is CC1CCCN(C(=O)C=Cc2ccc(C(C)C)cc2)C1. The Bertz CT molecular complexity index is 473. The molecule has 2 nitrogen and oxygen atoms in total. The fourth-order valence-electron chi connectivity index (χ4n) is 2.65. The van der Waals surface area contributed by atoms with E-state index in [0.29, 0.717) is 11.8 Å². The molecule has 0 radical (unpaired) electrons. The molecule has 1 heterocycles. The van der Waals surface area contributed by atoms with E-state index in [1.165, 1.54) is 12.0 Å². The van der Waals surface area contributed by atoms with Gasteiger partial charge >= 0.3 is 0 Å². The predicted octanol–water partition coefficient (Wildman–Crippen LogP) is 4.08. The van der Waals surface area contributed by atoms with Crippen LogP contribution in [-0.4, -0.2) is 23.9 Å². The van der Waals surface area contributed by atoms with Crippen LogP contribution in [0.25, 0.3) is 6.08 Å². The maximum Gasteiger partial charge on any atom is 0.246 e. The van der Waals surface area contributed by atoms with Crippen LogP contribution in [0.3, 0.4) is 0 Å². The summed E-state index contributed by atoms with van der Waals surface area (Å²) in [4.78, 5) is 14.1. The molecule has 1 aromatic carbocycles. The lowest BCUT2D eigenvalue weighted by molar-refractivity contribution is -0.127. The topological polar surface area (TPSA) is 20.3 Å². The van der Waals surface area contributed by atoms with Crippen molar-refractivity contribution in [3.63, 3.8) is 0 Å². The van der Waals surface area contributed by atoms with E-state index in [1.807, 2.05) is 11.0 Å². The van der Waals surface area contributed by atoms with Gasteiger partial charge in [-0.25, -0.2) is 0 Å². The number of rotatable bonds is 3. The Kier molecular flexibility index (Phi) is 4.99. The molecule has 0 N–H and O–H groups in total. The summed E-state index contributed by atoms with van der Waals surface area (Å²) in [6.45, 7) is 8.39. The Labute approximate surface area is 122 Å². The molecule has 1 aromatic rings. The second-order valence-corrected chi connectivity index (χ2v) is 6.19. The number of likely N-dealkylation sites (tertiary alicyclic amines) is 1. The van der Waals surface area contributed by atoms with Crippen LogP contribution in [-0.2, 0) is 4.79 Å². The number of carbonyl (C=O) groups excluding carboxylic acids is 1. The van der Waals surface area contributed by atoms with E-state index in [9.17, 15) is 4.79 Å². The molecule has 1 amide bonds. The third-order valence-corrected chi connectivity index (χ3v) is 3.99. The molecular formula is C18H25NO. The Morgan fingerprint density at radius 1 is 1.30 bits per heavy atom. The van der Waals surface area contributed by atoms with Crippen LogP contribution in [0.1, 0.15) is 50.7 Å². The summed E-state index contributed by atoms with van der Waals surface area (Å²) in [6, 6.07) is 8.44. The van der Waals surface area contributed by atoms with E-state index in [0.717, 1.165) is 25.1 Å². The highest BCUT2D eigenvalue weighted by Crippen LogP contribution is 2.17. The number of amides is 1. The van der Waals surface area contributed by atoms with Crippen LogP contribution in [0.5, 0.6) is 0 Å². The largest absolute Gasteiger partial charge is 0.339 e. The van der Waals surface area contributed by atoms with Crippen molar-refractivity contribution in [2.75, 3.05) is 13.1 Å². The molecule has 2 rings (SSSR count). The Balaban J connectivity index is 1.96. The lowest BCUT2D eigenvalue weighted by Gasteiger charge is -2.30. The zero-order valence-corrected chi connectivity index (χ0v) is 12.8. The number of hydrogen-bond donors (Lipinski definition) is 0. The first-order chi connectivity index (χ1) is 9.56. The fourth-order valence-corrected chi connectivity index (χ4v) is 2.65. The summed E-state index contributed by atoms with van der Waals surface area (Å²) in [7, 11) is 0. The van der Waals surface area contributed by atoms with Crippen molar-refractivity contribution >= 4 is 12.0 Å². The first-order valence-corrected chi connectivity index (χ1v) is 7.63. The van der Waals surface area contributed by atoms with E-state index in [2.05, 4.69) is 45.0 Å². The van der Waals surface area contributed by atoms with Gasteiger partial charge < -0.3 is 4.90 Å². The maximum atomic E-state index is 12.1. The monoisotopic (exact) mass is 271 g/mol. The van der Waals surface area contributed by atoms with E-state index in [-0.39, 0.29) is 5.91 Å². The molecule has 1 atom stereocenters. The van der Waals surface area contributed by atoms with Crippen molar-refractivity contribution in [2.45, 2.75) is 39.5 Å². The number of benzene rings is 1. The van der Waals surface area contributed by atoms with Crippen molar-refractivity contribution < 1.29 is 4.79 Å². The van der Waals surface area contributed by atoms with E-state index >= 15 is 0 Å². The van der Waals surface area contributed by atoms with Gasteiger partial charge in [0.05, 0.1) is 0 Å². The zero-order chi connectivity index (χ0) is 14.5. The van der Waals surface area contributed by atoms with Crippen molar-refractivity contribution in [1.29, 1.82) is 0 Å². The molecule has 1 saturated heterocycles. The molecule has 0 aliphatic carbocycles. The average Bonchev–Trinajstić information content (AvgIpc) is 2.45. The molecule has 108 valence electrons. The number of nitrogens with zero attached hydrogens (tertiary/aromatic N) is 1. The van der Waals surface area contributed by atoms with Crippen LogP contribution in [0.15, 0.2) is 30.3 Å².